The zero-order chi connectivity index (χ0) is 8.55. The lowest BCUT2D eigenvalue weighted by Gasteiger charge is -2.24. The second kappa shape index (κ2) is 2.78. The molecule has 2 rings (SSSR count). The Bertz CT molecular complexity index is 321. The molecule has 0 fully saturated rings. The maximum Gasteiger partial charge on any atom is -0.0227 e. The summed E-state index contributed by atoms with van der Waals surface area (Å²) in [6, 6.07) is 4.44. The summed E-state index contributed by atoms with van der Waals surface area (Å²) in [5.74, 6) is 0. The summed E-state index contributed by atoms with van der Waals surface area (Å²) in [6.45, 7) is 6.05. The first-order chi connectivity index (χ1) is 5.86. The fourth-order valence-corrected chi connectivity index (χ4v) is 1.96. The molecule has 0 nitrogen and oxygen atoms in total. The molecule has 0 saturated heterocycles. The van der Waals surface area contributed by atoms with Crippen LogP contribution in [-0.2, 0) is 19.3 Å². The van der Waals surface area contributed by atoms with Gasteiger partial charge in [-0.2, -0.15) is 0 Å². The third-order valence-corrected chi connectivity index (χ3v) is 2.79. The summed E-state index contributed by atoms with van der Waals surface area (Å²) >= 11 is 0. The Kier molecular flexibility index (Phi) is 1.76. The van der Waals surface area contributed by atoms with E-state index in [1.165, 1.54) is 30.4 Å². The molecule has 12 heavy (non-hydrogen) atoms. The molecule has 1 aromatic carbocycles. The van der Waals surface area contributed by atoms with Gasteiger partial charge in [0.25, 0.3) is 0 Å². The Morgan fingerprint density at radius 2 is 2.08 bits per heavy atom. The lowest BCUT2D eigenvalue weighted by molar-refractivity contribution is 0.812. The molecule has 0 heterocycles. The second-order valence-corrected chi connectivity index (χ2v) is 3.33. The van der Waals surface area contributed by atoms with Gasteiger partial charge < -0.3 is 0 Å². The SMILES string of the molecule is C=Cc1ccc(CC)c2c1CC2. The van der Waals surface area contributed by atoms with Crippen LogP contribution in [0.25, 0.3) is 6.08 Å². The van der Waals surface area contributed by atoms with E-state index in [1.807, 2.05) is 6.08 Å². The van der Waals surface area contributed by atoms with E-state index in [0.29, 0.717) is 0 Å². The van der Waals surface area contributed by atoms with Gasteiger partial charge in [0, 0.05) is 0 Å². The summed E-state index contributed by atoms with van der Waals surface area (Å²) in [6.07, 6.45) is 5.67. The predicted molar refractivity (Wildman–Crippen MR) is 53.3 cm³/mol. The minimum Gasteiger partial charge on any atom is -0.0985 e. The van der Waals surface area contributed by atoms with Crippen molar-refractivity contribution < 1.29 is 0 Å². The van der Waals surface area contributed by atoms with Crippen LogP contribution in [0.5, 0.6) is 0 Å². The topological polar surface area (TPSA) is 0 Å². The van der Waals surface area contributed by atoms with Crippen LogP contribution in [-0.4, -0.2) is 0 Å². The molecule has 0 amide bonds. The van der Waals surface area contributed by atoms with Crippen LogP contribution in [0.4, 0.5) is 0 Å². The van der Waals surface area contributed by atoms with Crippen LogP contribution in [0.15, 0.2) is 18.7 Å². The Hall–Kier alpha value is -1.04. The molecule has 1 aliphatic carbocycles. The van der Waals surface area contributed by atoms with E-state index in [1.54, 1.807) is 11.1 Å². The molecule has 0 aromatic heterocycles. The van der Waals surface area contributed by atoms with Crippen molar-refractivity contribution in [3.05, 3.63) is 41.0 Å². The molecule has 0 spiro atoms. The van der Waals surface area contributed by atoms with Crippen molar-refractivity contribution in [2.24, 2.45) is 0 Å². The van der Waals surface area contributed by atoms with E-state index in [2.05, 4.69) is 25.6 Å². The fraction of sp³-hybridized carbons (Fsp3) is 0.333. The Balaban J connectivity index is 2.55. The molecule has 0 heteroatoms. The highest BCUT2D eigenvalue weighted by Gasteiger charge is 2.18. The van der Waals surface area contributed by atoms with Gasteiger partial charge >= 0.3 is 0 Å². The second-order valence-electron chi connectivity index (χ2n) is 3.33. The molecule has 0 bridgehead atoms. The smallest absolute Gasteiger partial charge is 0.0227 e. The van der Waals surface area contributed by atoms with Crippen molar-refractivity contribution in [2.75, 3.05) is 0 Å². The molecular weight excluding hydrogens is 144 g/mol. The number of fused-ring (bicyclic) bond motifs is 1. The molecule has 62 valence electrons. The Morgan fingerprint density at radius 1 is 1.33 bits per heavy atom. The monoisotopic (exact) mass is 158 g/mol. The van der Waals surface area contributed by atoms with E-state index in [9.17, 15) is 0 Å². The van der Waals surface area contributed by atoms with Crippen molar-refractivity contribution in [1.82, 2.24) is 0 Å². The molecule has 0 N–H and O–H groups in total. The van der Waals surface area contributed by atoms with Gasteiger partial charge in [0.05, 0.1) is 0 Å². The van der Waals surface area contributed by atoms with Crippen LogP contribution >= 0.6 is 0 Å². The predicted octanol–water partition coefficient (Wildman–Crippen LogP) is 2.99. The lowest BCUT2D eigenvalue weighted by Crippen LogP contribution is -2.13. The van der Waals surface area contributed by atoms with E-state index < -0.39 is 0 Å². The van der Waals surface area contributed by atoms with Gasteiger partial charge in [0.2, 0.25) is 0 Å². The third-order valence-electron chi connectivity index (χ3n) is 2.79. The standard InChI is InChI=1S/C12H14/c1-3-9-5-6-10(4-2)12-8-7-11(9)12/h3,5-6H,1,4,7-8H2,2H3. The van der Waals surface area contributed by atoms with Gasteiger partial charge in [-0.25, -0.2) is 0 Å². The minimum atomic E-state index is 1.17. The minimum absolute atomic E-state index is 1.17. The average Bonchev–Trinajstić information content (AvgIpc) is 2.05. The van der Waals surface area contributed by atoms with Crippen LogP contribution in [0.1, 0.15) is 29.2 Å². The van der Waals surface area contributed by atoms with Gasteiger partial charge in [0.1, 0.15) is 0 Å². The maximum atomic E-state index is 3.82. The highest BCUT2D eigenvalue weighted by molar-refractivity contribution is 5.59. The summed E-state index contributed by atoms with van der Waals surface area (Å²) in [7, 11) is 0. The van der Waals surface area contributed by atoms with Gasteiger partial charge in [-0.3, -0.25) is 0 Å². The average molecular weight is 158 g/mol. The lowest BCUT2D eigenvalue weighted by atomic mass is 9.81. The van der Waals surface area contributed by atoms with Gasteiger partial charge in [0.15, 0.2) is 0 Å². The van der Waals surface area contributed by atoms with E-state index in [0.717, 1.165) is 0 Å². The van der Waals surface area contributed by atoms with Gasteiger partial charge in [-0.05, 0) is 41.5 Å². The van der Waals surface area contributed by atoms with Crippen LogP contribution in [0.3, 0.4) is 0 Å². The van der Waals surface area contributed by atoms with Crippen LogP contribution in [0, 0.1) is 0 Å². The first-order valence-electron chi connectivity index (χ1n) is 4.63. The molecule has 0 saturated carbocycles. The van der Waals surface area contributed by atoms with Crippen LogP contribution < -0.4 is 0 Å². The van der Waals surface area contributed by atoms with Crippen molar-refractivity contribution in [3.8, 4) is 0 Å². The molecule has 1 aliphatic rings. The van der Waals surface area contributed by atoms with Crippen LogP contribution in [0.2, 0.25) is 0 Å². The molecule has 0 atom stereocenters. The summed E-state index contributed by atoms with van der Waals surface area (Å²) < 4.78 is 0. The zero-order valence-electron chi connectivity index (χ0n) is 7.56. The molecule has 0 radical (unpaired) electrons. The van der Waals surface area contributed by atoms with Gasteiger partial charge in [-0.1, -0.05) is 31.7 Å². The van der Waals surface area contributed by atoms with Crippen molar-refractivity contribution in [1.29, 1.82) is 0 Å². The zero-order valence-corrected chi connectivity index (χ0v) is 7.56. The number of benzene rings is 1. The quantitative estimate of drug-likeness (QED) is 0.620. The largest absolute Gasteiger partial charge is 0.0985 e. The number of hydrogen-bond acceptors (Lipinski definition) is 0. The highest BCUT2D eigenvalue weighted by atomic mass is 14.2. The first-order valence-corrected chi connectivity index (χ1v) is 4.63. The maximum absolute atomic E-state index is 3.82. The Morgan fingerprint density at radius 3 is 2.58 bits per heavy atom. The molecule has 0 unspecified atom stereocenters. The van der Waals surface area contributed by atoms with E-state index in [4.69, 9.17) is 0 Å². The first kappa shape index (κ1) is 7.60. The summed E-state index contributed by atoms with van der Waals surface area (Å²) in [5.41, 5.74) is 6.01. The van der Waals surface area contributed by atoms with Crippen molar-refractivity contribution >= 4 is 6.08 Å². The third kappa shape index (κ3) is 0.911. The number of rotatable bonds is 2. The van der Waals surface area contributed by atoms with Crippen molar-refractivity contribution in [3.63, 3.8) is 0 Å². The molecular formula is C12H14. The summed E-state index contributed by atoms with van der Waals surface area (Å²) in [4.78, 5) is 0. The van der Waals surface area contributed by atoms with E-state index >= 15 is 0 Å². The highest BCUT2D eigenvalue weighted by Crippen LogP contribution is 2.30. The number of hydrogen-bond donors (Lipinski definition) is 0. The fourth-order valence-electron chi connectivity index (χ4n) is 1.96. The van der Waals surface area contributed by atoms with E-state index in [-0.39, 0.29) is 0 Å². The molecule has 0 aliphatic heterocycles. The normalized spacial score (nSPS) is 13.4. The molecule has 1 aromatic rings. The Labute approximate surface area is 73.9 Å². The van der Waals surface area contributed by atoms with Gasteiger partial charge in [-0.15, -0.1) is 0 Å². The number of aryl methyl sites for hydroxylation is 1. The van der Waals surface area contributed by atoms with Crippen molar-refractivity contribution in [2.45, 2.75) is 26.2 Å². The summed E-state index contributed by atoms with van der Waals surface area (Å²) in [5, 5.41) is 0.